The van der Waals surface area contributed by atoms with Crippen molar-refractivity contribution < 1.29 is 9.53 Å². The summed E-state index contributed by atoms with van der Waals surface area (Å²) < 4.78 is 5.46. The monoisotopic (exact) mass is 366 g/mol. The molecule has 27 heavy (non-hydrogen) atoms. The van der Waals surface area contributed by atoms with Crippen LogP contribution in [0, 0.1) is 0 Å². The number of para-hydroxylation sites is 1. The third kappa shape index (κ3) is 3.28. The molecule has 0 N–H and O–H groups in total. The fraction of sp³-hybridized carbons (Fsp3) is 0.524. The molecule has 1 aromatic heterocycles. The highest BCUT2D eigenvalue weighted by Gasteiger charge is 2.43. The second-order valence-electron chi connectivity index (χ2n) is 7.90. The van der Waals surface area contributed by atoms with Crippen LogP contribution in [0.15, 0.2) is 36.5 Å². The summed E-state index contributed by atoms with van der Waals surface area (Å²) in [4.78, 5) is 24.1. The van der Waals surface area contributed by atoms with Crippen LogP contribution in [0.4, 0.5) is 4.79 Å². The molecule has 2 aromatic rings. The van der Waals surface area contributed by atoms with Gasteiger partial charge in [0.05, 0.1) is 11.6 Å². The lowest BCUT2D eigenvalue weighted by Crippen LogP contribution is -2.51. The molecule has 142 valence electrons. The molecule has 0 saturated carbocycles. The Morgan fingerprint density at radius 2 is 1.89 bits per heavy atom. The average Bonchev–Trinajstić information content (AvgIpc) is 3.04. The van der Waals surface area contributed by atoms with Gasteiger partial charge in [0.1, 0.15) is 0 Å². The van der Waals surface area contributed by atoms with Gasteiger partial charge in [0, 0.05) is 63.6 Å². The molecule has 3 fully saturated rings. The minimum Gasteiger partial charge on any atom is -0.381 e. The Morgan fingerprint density at radius 1 is 1.04 bits per heavy atom. The van der Waals surface area contributed by atoms with Gasteiger partial charge >= 0.3 is 6.03 Å². The molecule has 1 aromatic carbocycles. The van der Waals surface area contributed by atoms with E-state index in [1.165, 1.54) is 10.9 Å². The van der Waals surface area contributed by atoms with E-state index in [2.05, 4.69) is 37.9 Å². The molecule has 6 heteroatoms. The molecule has 0 unspecified atom stereocenters. The van der Waals surface area contributed by atoms with Gasteiger partial charge in [-0.15, -0.1) is 0 Å². The Balaban J connectivity index is 1.25. The topological polar surface area (TPSA) is 48.9 Å². The molecule has 3 saturated heterocycles. The second-order valence-corrected chi connectivity index (χ2v) is 7.90. The number of urea groups is 1. The van der Waals surface area contributed by atoms with Gasteiger partial charge in [-0.25, -0.2) is 4.79 Å². The van der Waals surface area contributed by atoms with E-state index in [1.807, 2.05) is 18.3 Å². The standard InChI is InChI=1S/C21H26N4O2/c26-21-24-8-7-23(13-16-11-17-3-1-2-4-20(17)22-12-16)14-19(24)15-25(21)18-5-9-27-10-6-18/h1-4,11-12,18-19H,5-10,13-15H2/t19-/m1/s1. The normalized spacial score (nSPS) is 24.6. The minimum absolute atomic E-state index is 0.235. The van der Waals surface area contributed by atoms with Crippen LogP contribution in [0.25, 0.3) is 10.9 Å². The molecule has 3 aliphatic rings. The van der Waals surface area contributed by atoms with Gasteiger partial charge in [-0.1, -0.05) is 18.2 Å². The average molecular weight is 366 g/mol. The third-order valence-electron chi connectivity index (χ3n) is 6.15. The van der Waals surface area contributed by atoms with Crippen LogP contribution in [-0.4, -0.2) is 77.2 Å². The second kappa shape index (κ2) is 7.09. The fourth-order valence-electron chi connectivity index (χ4n) is 4.70. The van der Waals surface area contributed by atoms with Crippen LogP contribution in [-0.2, 0) is 11.3 Å². The molecule has 0 radical (unpaired) electrons. The van der Waals surface area contributed by atoms with E-state index in [4.69, 9.17) is 4.74 Å². The summed E-state index contributed by atoms with van der Waals surface area (Å²) in [6, 6.07) is 11.4. The zero-order valence-electron chi connectivity index (χ0n) is 15.6. The number of carbonyl (C=O) groups is 1. The van der Waals surface area contributed by atoms with Crippen LogP contribution < -0.4 is 0 Å². The molecular weight excluding hydrogens is 340 g/mol. The fourth-order valence-corrected chi connectivity index (χ4v) is 4.70. The van der Waals surface area contributed by atoms with Gasteiger partial charge in [0.15, 0.2) is 0 Å². The van der Waals surface area contributed by atoms with E-state index in [0.29, 0.717) is 12.1 Å². The molecule has 0 spiro atoms. The zero-order valence-corrected chi connectivity index (χ0v) is 15.6. The number of hydrogen-bond donors (Lipinski definition) is 0. The Bertz CT molecular complexity index is 836. The lowest BCUT2D eigenvalue weighted by atomic mass is 10.1. The van der Waals surface area contributed by atoms with Gasteiger partial charge < -0.3 is 14.5 Å². The number of carbonyl (C=O) groups excluding carboxylic acids is 1. The first-order valence-electron chi connectivity index (χ1n) is 9.99. The largest absolute Gasteiger partial charge is 0.381 e. The van der Waals surface area contributed by atoms with Gasteiger partial charge in [-0.05, 0) is 30.5 Å². The molecule has 0 aliphatic carbocycles. The van der Waals surface area contributed by atoms with Crippen LogP contribution in [0.1, 0.15) is 18.4 Å². The summed E-state index contributed by atoms with van der Waals surface area (Å²) in [5, 5.41) is 1.19. The van der Waals surface area contributed by atoms with Crippen molar-refractivity contribution >= 4 is 16.9 Å². The first kappa shape index (κ1) is 17.0. The van der Waals surface area contributed by atoms with Gasteiger partial charge in [0.2, 0.25) is 0 Å². The lowest BCUT2D eigenvalue weighted by Gasteiger charge is -2.36. The highest BCUT2D eigenvalue weighted by Crippen LogP contribution is 2.27. The summed E-state index contributed by atoms with van der Waals surface area (Å²) in [5.74, 6) is 0. The summed E-state index contributed by atoms with van der Waals surface area (Å²) in [6.07, 6.45) is 3.93. The van der Waals surface area contributed by atoms with E-state index < -0.39 is 0 Å². The Hall–Kier alpha value is -2.18. The van der Waals surface area contributed by atoms with Crippen LogP contribution in [0.3, 0.4) is 0 Å². The first-order valence-corrected chi connectivity index (χ1v) is 9.99. The highest BCUT2D eigenvalue weighted by atomic mass is 16.5. The number of rotatable bonds is 3. The molecule has 2 amide bonds. The maximum Gasteiger partial charge on any atom is 0.320 e. The number of aromatic nitrogens is 1. The predicted octanol–water partition coefficient (Wildman–Crippen LogP) is 2.34. The van der Waals surface area contributed by atoms with Crippen molar-refractivity contribution in [1.29, 1.82) is 0 Å². The van der Waals surface area contributed by atoms with Crippen molar-refractivity contribution in [2.75, 3.05) is 39.4 Å². The number of benzene rings is 1. The summed E-state index contributed by atoms with van der Waals surface area (Å²) in [6.45, 7) is 6.00. The molecule has 5 rings (SSSR count). The van der Waals surface area contributed by atoms with E-state index in [9.17, 15) is 4.79 Å². The zero-order chi connectivity index (χ0) is 18.2. The van der Waals surface area contributed by atoms with Crippen LogP contribution >= 0.6 is 0 Å². The first-order chi connectivity index (χ1) is 13.3. The SMILES string of the molecule is O=C1N(C2CCOCC2)C[C@H]2CN(Cc3cnc4ccccc4c3)CCN12. The van der Waals surface area contributed by atoms with E-state index in [1.54, 1.807) is 0 Å². The van der Waals surface area contributed by atoms with Gasteiger partial charge in [-0.3, -0.25) is 9.88 Å². The van der Waals surface area contributed by atoms with E-state index in [-0.39, 0.29) is 6.03 Å². The van der Waals surface area contributed by atoms with Crippen LogP contribution in [0.2, 0.25) is 0 Å². The summed E-state index contributed by atoms with van der Waals surface area (Å²) in [7, 11) is 0. The lowest BCUT2D eigenvalue weighted by molar-refractivity contribution is 0.0504. The quantitative estimate of drug-likeness (QED) is 0.837. The number of nitrogens with zero attached hydrogens (tertiary/aromatic N) is 4. The molecule has 1 atom stereocenters. The minimum atomic E-state index is 0.235. The number of amides is 2. The molecule has 6 nitrogen and oxygen atoms in total. The smallest absolute Gasteiger partial charge is 0.320 e. The van der Waals surface area contributed by atoms with Gasteiger partial charge in [-0.2, -0.15) is 0 Å². The predicted molar refractivity (Wildman–Crippen MR) is 103 cm³/mol. The molecular formula is C21H26N4O2. The van der Waals surface area contributed by atoms with E-state index >= 15 is 0 Å². The highest BCUT2D eigenvalue weighted by molar-refractivity contribution is 5.79. The number of pyridine rings is 1. The Kier molecular flexibility index (Phi) is 4.45. The third-order valence-corrected chi connectivity index (χ3v) is 6.15. The number of fused-ring (bicyclic) bond motifs is 2. The number of ether oxygens (including phenoxy) is 1. The maximum absolute atomic E-state index is 12.8. The van der Waals surface area contributed by atoms with Crippen LogP contribution in [0.5, 0.6) is 0 Å². The van der Waals surface area contributed by atoms with E-state index in [0.717, 1.165) is 64.3 Å². The molecule has 3 aliphatic heterocycles. The maximum atomic E-state index is 12.8. The number of hydrogen-bond acceptors (Lipinski definition) is 4. The van der Waals surface area contributed by atoms with Crippen molar-refractivity contribution in [2.24, 2.45) is 0 Å². The van der Waals surface area contributed by atoms with Crippen molar-refractivity contribution in [3.63, 3.8) is 0 Å². The van der Waals surface area contributed by atoms with Crippen molar-refractivity contribution in [1.82, 2.24) is 19.7 Å². The van der Waals surface area contributed by atoms with Crippen molar-refractivity contribution in [2.45, 2.75) is 31.5 Å². The molecule has 0 bridgehead atoms. The van der Waals surface area contributed by atoms with Crippen molar-refractivity contribution in [3.05, 3.63) is 42.1 Å². The van der Waals surface area contributed by atoms with Gasteiger partial charge in [0.25, 0.3) is 0 Å². The Labute approximate surface area is 159 Å². The summed E-state index contributed by atoms with van der Waals surface area (Å²) >= 11 is 0. The van der Waals surface area contributed by atoms with Crippen molar-refractivity contribution in [3.8, 4) is 0 Å². The summed E-state index contributed by atoms with van der Waals surface area (Å²) in [5.41, 5.74) is 2.28. The Morgan fingerprint density at radius 3 is 2.78 bits per heavy atom. The molecule has 4 heterocycles. The number of piperazine rings is 1.